The molecule has 100 valence electrons. The second-order valence-electron chi connectivity index (χ2n) is 5.38. The van der Waals surface area contributed by atoms with E-state index in [-0.39, 0.29) is 0 Å². The van der Waals surface area contributed by atoms with Gasteiger partial charge in [-0.1, -0.05) is 59.5 Å². The maximum Gasteiger partial charge on any atom is 0.0239 e. The first-order valence-electron chi connectivity index (χ1n) is 7.16. The number of rotatable bonds is 5. The van der Waals surface area contributed by atoms with Crippen LogP contribution in [0.25, 0.3) is 0 Å². The van der Waals surface area contributed by atoms with Gasteiger partial charge in [0.2, 0.25) is 0 Å². The number of alkyl halides is 1. The quantitative estimate of drug-likeness (QED) is 0.723. The lowest BCUT2D eigenvalue weighted by molar-refractivity contribution is 0.157. The largest absolute Gasteiger partial charge is 0.295 e. The van der Waals surface area contributed by atoms with Crippen LogP contribution in [0.4, 0.5) is 0 Å². The normalized spacial score (nSPS) is 17.3. The molecule has 0 saturated heterocycles. The van der Waals surface area contributed by atoms with Gasteiger partial charge in [-0.2, -0.15) is 0 Å². The predicted molar refractivity (Wildman–Crippen MR) is 82.3 cm³/mol. The highest BCUT2D eigenvalue weighted by Gasteiger charge is 2.20. The fourth-order valence-electron chi connectivity index (χ4n) is 2.95. The third kappa shape index (κ3) is 3.83. The second-order valence-corrected chi connectivity index (χ2v) is 6.17. The predicted octanol–water partition coefficient (Wildman–Crippen LogP) is 4.52. The van der Waals surface area contributed by atoms with Crippen LogP contribution in [-0.4, -0.2) is 22.8 Å². The highest BCUT2D eigenvalue weighted by molar-refractivity contribution is 9.09. The molecule has 1 saturated carbocycles. The summed E-state index contributed by atoms with van der Waals surface area (Å²) in [7, 11) is 0. The molecule has 0 N–H and O–H groups in total. The average Bonchev–Trinajstić information content (AvgIpc) is 2.42. The molecule has 1 aromatic rings. The van der Waals surface area contributed by atoms with E-state index in [0.717, 1.165) is 17.9 Å². The summed E-state index contributed by atoms with van der Waals surface area (Å²) < 4.78 is 0. The van der Waals surface area contributed by atoms with Gasteiger partial charge in [-0.05, 0) is 30.9 Å². The minimum atomic E-state index is 0.802. The van der Waals surface area contributed by atoms with Crippen LogP contribution in [0, 0.1) is 6.92 Å². The average molecular weight is 310 g/mol. The summed E-state index contributed by atoms with van der Waals surface area (Å²) in [5.41, 5.74) is 2.91. The molecule has 2 heteroatoms. The molecule has 2 rings (SSSR count). The molecule has 1 fully saturated rings. The molecule has 0 aromatic heterocycles. The molecule has 0 spiro atoms. The van der Waals surface area contributed by atoms with Crippen molar-refractivity contribution in [2.45, 2.75) is 51.6 Å². The Morgan fingerprint density at radius 1 is 1.17 bits per heavy atom. The van der Waals surface area contributed by atoms with Gasteiger partial charge in [-0.15, -0.1) is 0 Å². The topological polar surface area (TPSA) is 3.24 Å². The fourth-order valence-corrected chi connectivity index (χ4v) is 3.41. The molecule has 0 unspecified atom stereocenters. The van der Waals surface area contributed by atoms with E-state index >= 15 is 0 Å². The van der Waals surface area contributed by atoms with Crippen LogP contribution in [-0.2, 0) is 6.54 Å². The van der Waals surface area contributed by atoms with Crippen LogP contribution in [0.15, 0.2) is 24.3 Å². The van der Waals surface area contributed by atoms with Crippen LogP contribution < -0.4 is 0 Å². The minimum Gasteiger partial charge on any atom is -0.295 e. The Balaban J connectivity index is 2.03. The Morgan fingerprint density at radius 3 is 2.56 bits per heavy atom. The molecule has 0 radical (unpaired) electrons. The van der Waals surface area contributed by atoms with Crippen molar-refractivity contribution in [2.75, 3.05) is 11.9 Å². The van der Waals surface area contributed by atoms with Crippen LogP contribution in [0.3, 0.4) is 0 Å². The van der Waals surface area contributed by atoms with Crippen molar-refractivity contribution < 1.29 is 0 Å². The molecule has 1 nitrogen and oxygen atoms in total. The zero-order valence-corrected chi connectivity index (χ0v) is 13.0. The summed E-state index contributed by atoms with van der Waals surface area (Å²) in [5.74, 6) is 0. The summed E-state index contributed by atoms with van der Waals surface area (Å²) in [5, 5.41) is 1.08. The Hall–Kier alpha value is -0.340. The van der Waals surface area contributed by atoms with Crippen molar-refractivity contribution in [3.05, 3.63) is 35.4 Å². The molecule has 0 atom stereocenters. The van der Waals surface area contributed by atoms with Gasteiger partial charge in [0.25, 0.3) is 0 Å². The number of benzene rings is 1. The van der Waals surface area contributed by atoms with E-state index in [4.69, 9.17) is 0 Å². The fraction of sp³-hybridized carbons (Fsp3) is 0.625. The van der Waals surface area contributed by atoms with Gasteiger partial charge < -0.3 is 0 Å². The van der Waals surface area contributed by atoms with Gasteiger partial charge in [0.05, 0.1) is 0 Å². The van der Waals surface area contributed by atoms with E-state index in [0.29, 0.717) is 0 Å². The van der Waals surface area contributed by atoms with Crippen molar-refractivity contribution in [3.63, 3.8) is 0 Å². The molecule has 0 amide bonds. The summed E-state index contributed by atoms with van der Waals surface area (Å²) in [6.07, 6.45) is 7.04. The van der Waals surface area contributed by atoms with Crippen LogP contribution in [0.1, 0.15) is 43.2 Å². The number of nitrogens with zero attached hydrogens (tertiary/aromatic N) is 1. The first-order chi connectivity index (χ1) is 8.81. The van der Waals surface area contributed by atoms with Gasteiger partial charge in [0.15, 0.2) is 0 Å². The molecule has 0 heterocycles. The Kier molecular flexibility index (Phi) is 5.71. The maximum absolute atomic E-state index is 3.61. The van der Waals surface area contributed by atoms with E-state index in [1.807, 2.05) is 0 Å². The highest BCUT2D eigenvalue weighted by atomic mass is 79.9. The van der Waals surface area contributed by atoms with E-state index in [2.05, 4.69) is 52.0 Å². The molecule has 1 aromatic carbocycles. The minimum absolute atomic E-state index is 0.802. The number of hydrogen-bond acceptors (Lipinski definition) is 1. The van der Waals surface area contributed by atoms with Gasteiger partial charge in [-0.3, -0.25) is 4.90 Å². The molecular formula is C16H24BrN. The molecule has 18 heavy (non-hydrogen) atoms. The summed E-state index contributed by atoms with van der Waals surface area (Å²) >= 11 is 3.61. The molecule has 0 bridgehead atoms. The number of halogens is 1. The van der Waals surface area contributed by atoms with Gasteiger partial charge in [0.1, 0.15) is 0 Å². The van der Waals surface area contributed by atoms with E-state index < -0.39 is 0 Å². The van der Waals surface area contributed by atoms with Crippen molar-refractivity contribution in [2.24, 2.45) is 0 Å². The third-order valence-corrected chi connectivity index (χ3v) is 4.45. The number of aryl methyl sites for hydroxylation is 1. The lowest BCUT2D eigenvalue weighted by Gasteiger charge is -2.34. The lowest BCUT2D eigenvalue weighted by Crippen LogP contribution is -2.37. The molecule has 1 aliphatic carbocycles. The maximum atomic E-state index is 3.61. The van der Waals surface area contributed by atoms with E-state index in [1.165, 1.54) is 49.8 Å². The van der Waals surface area contributed by atoms with E-state index in [1.54, 1.807) is 0 Å². The smallest absolute Gasteiger partial charge is 0.0239 e. The van der Waals surface area contributed by atoms with Gasteiger partial charge in [0, 0.05) is 24.5 Å². The molecular weight excluding hydrogens is 286 g/mol. The van der Waals surface area contributed by atoms with Gasteiger partial charge in [-0.25, -0.2) is 0 Å². The zero-order valence-electron chi connectivity index (χ0n) is 11.4. The van der Waals surface area contributed by atoms with E-state index in [9.17, 15) is 0 Å². The zero-order chi connectivity index (χ0) is 12.8. The first-order valence-corrected chi connectivity index (χ1v) is 8.28. The highest BCUT2D eigenvalue weighted by Crippen LogP contribution is 2.24. The van der Waals surface area contributed by atoms with Crippen LogP contribution in [0.2, 0.25) is 0 Å². The SMILES string of the molecule is Cc1ccccc1CN(CCBr)C1CCCCC1. The van der Waals surface area contributed by atoms with Crippen molar-refractivity contribution >= 4 is 15.9 Å². The monoisotopic (exact) mass is 309 g/mol. The van der Waals surface area contributed by atoms with Crippen LogP contribution in [0.5, 0.6) is 0 Å². The first kappa shape index (κ1) is 14.1. The standard InChI is InChI=1S/C16H24BrN/c1-14-7-5-6-8-15(14)13-18(12-11-17)16-9-3-2-4-10-16/h5-8,16H,2-4,9-13H2,1H3. The van der Waals surface area contributed by atoms with Gasteiger partial charge >= 0.3 is 0 Å². The Bertz CT molecular complexity index is 358. The van der Waals surface area contributed by atoms with Crippen molar-refractivity contribution in [1.82, 2.24) is 4.90 Å². The Morgan fingerprint density at radius 2 is 1.89 bits per heavy atom. The summed E-state index contributed by atoms with van der Waals surface area (Å²) in [6.45, 7) is 4.50. The van der Waals surface area contributed by atoms with Crippen molar-refractivity contribution in [3.8, 4) is 0 Å². The lowest BCUT2D eigenvalue weighted by atomic mass is 9.93. The Labute approximate surface area is 120 Å². The molecule has 0 aliphatic heterocycles. The number of hydrogen-bond donors (Lipinski definition) is 0. The molecule has 1 aliphatic rings. The summed E-state index contributed by atoms with van der Waals surface area (Å²) in [4.78, 5) is 2.68. The van der Waals surface area contributed by atoms with Crippen LogP contribution >= 0.6 is 15.9 Å². The third-order valence-electron chi connectivity index (χ3n) is 4.10. The summed E-state index contributed by atoms with van der Waals surface area (Å²) in [6, 6.07) is 9.60. The second kappa shape index (κ2) is 7.30. The van der Waals surface area contributed by atoms with Crippen molar-refractivity contribution in [1.29, 1.82) is 0 Å².